The van der Waals surface area contributed by atoms with E-state index in [0.717, 1.165) is 11.1 Å². The molecule has 4 nitrogen and oxygen atoms in total. The van der Waals surface area contributed by atoms with E-state index in [1.54, 1.807) is 0 Å². The summed E-state index contributed by atoms with van der Waals surface area (Å²) < 4.78 is 11.0. The van der Waals surface area contributed by atoms with Crippen molar-refractivity contribution >= 4 is 17.6 Å². The Balaban J connectivity index is 2.20. The first-order valence-corrected chi connectivity index (χ1v) is 6.26. The minimum Gasteiger partial charge on any atom is -0.486 e. The third kappa shape index (κ3) is 2.70. The van der Waals surface area contributed by atoms with Gasteiger partial charge in [-0.3, -0.25) is 4.79 Å². The largest absolute Gasteiger partial charge is 0.486 e. The fraction of sp³-hybridized carbons (Fsp3) is 0.462. The van der Waals surface area contributed by atoms with Gasteiger partial charge in [0.1, 0.15) is 13.2 Å². The van der Waals surface area contributed by atoms with Crippen molar-refractivity contribution in [1.82, 2.24) is 0 Å². The number of hydrogen-bond acceptors (Lipinski definition) is 3. The highest BCUT2D eigenvalue weighted by Crippen LogP contribution is 2.41. The fourth-order valence-electron chi connectivity index (χ4n) is 1.98. The number of ether oxygens (including phenoxy) is 2. The molecule has 0 aliphatic carbocycles. The molecule has 0 radical (unpaired) electrons. The summed E-state index contributed by atoms with van der Waals surface area (Å²) in [6.07, 6.45) is 1.42. The lowest BCUT2D eigenvalue weighted by Gasteiger charge is -2.22. The van der Waals surface area contributed by atoms with Crippen molar-refractivity contribution in [2.75, 3.05) is 13.2 Å². The Labute approximate surface area is 110 Å². The molecule has 1 heterocycles. The van der Waals surface area contributed by atoms with Crippen LogP contribution in [0.5, 0.6) is 11.5 Å². The van der Waals surface area contributed by atoms with Crippen LogP contribution in [-0.4, -0.2) is 24.3 Å². The summed E-state index contributed by atoms with van der Waals surface area (Å²) in [6.45, 7) is 2.93. The van der Waals surface area contributed by atoms with Crippen LogP contribution >= 0.6 is 11.6 Å². The third-order valence-electron chi connectivity index (χ3n) is 2.96. The van der Waals surface area contributed by atoms with Crippen LogP contribution < -0.4 is 9.47 Å². The van der Waals surface area contributed by atoms with E-state index in [-0.39, 0.29) is 6.42 Å². The average molecular weight is 271 g/mol. The molecular weight excluding hydrogens is 256 g/mol. The summed E-state index contributed by atoms with van der Waals surface area (Å²) in [5.74, 6) is 0.473. The molecule has 0 atom stereocenters. The second kappa shape index (κ2) is 5.48. The molecule has 0 bridgehead atoms. The minimum atomic E-state index is -0.781. The summed E-state index contributed by atoms with van der Waals surface area (Å²) in [6, 6.07) is 1.90. The predicted octanol–water partition coefficient (Wildman–Crippen LogP) is 2.83. The molecule has 0 spiro atoms. The van der Waals surface area contributed by atoms with Crippen molar-refractivity contribution in [3.8, 4) is 11.5 Å². The van der Waals surface area contributed by atoms with Crippen molar-refractivity contribution in [2.45, 2.75) is 26.2 Å². The maximum absolute atomic E-state index is 10.5. The number of hydrogen-bond donors (Lipinski definition) is 1. The van der Waals surface area contributed by atoms with Gasteiger partial charge in [-0.15, -0.1) is 0 Å². The van der Waals surface area contributed by atoms with Gasteiger partial charge in [0.15, 0.2) is 11.5 Å². The Morgan fingerprint density at radius 1 is 1.44 bits per heavy atom. The molecule has 0 amide bonds. The molecule has 0 saturated heterocycles. The standard InChI is InChI=1S/C13H15ClO4/c1-8-9(3-2-4-11(15)16)7-10-13(12(8)14)18-6-5-17-10/h7H,2-6H2,1H3,(H,15,16). The Hall–Kier alpha value is -1.42. The summed E-state index contributed by atoms with van der Waals surface area (Å²) in [7, 11) is 0. The second-order valence-corrected chi connectivity index (χ2v) is 4.62. The van der Waals surface area contributed by atoms with E-state index in [4.69, 9.17) is 26.2 Å². The summed E-state index contributed by atoms with van der Waals surface area (Å²) in [4.78, 5) is 10.5. The highest BCUT2D eigenvalue weighted by atomic mass is 35.5. The molecule has 0 unspecified atom stereocenters. The van der Waals surface area contributed by atoms with Gasteiger partial charge in [-0.25, -0.2) is 0 Å². The van der Waals surface area contributed by atoms with Crippen molar-refractivity contribution in [1.29, 1.82) is 0 Å². The molecule has 2 rings (SSSR count). The van der Waals surface area contributed by atoms with Crippen molar-refractivity contribution in [3.63, 3.8) is 0 Å². The number of carbonyl (C=O) groups is 1. The normalized spacial score (nSPS) is 13.4. The van der Waals surface area contributed by atoms with Gasteiger partial charge in [-0.05, 0) is 37.0 Å². The van der Waals surface area contributed by atoms with Crippen LogP contribution in [0.1, 0.15) is 24.0 Å². The van der Waals surface area contributed by atoms with Crippen LogP contribution in [0.2, 0.25) is 5.02 Å². The number of halogens is 1. The Morgan fingerprint density at radius 3 is 2.89 bits per heavy atom. The number of aryl methyl sites for hydroxylation is 1. The number of aliphatic carboxylic acids is 1. The molecular formula is C13H15ClO4. The van der Waals surface area contributed by atoms with E-state index in [0.29, 0.717) is 42.6 Å². The molecule has 0 saturated carbocycles. The SMILES string of the molecule is Cc1c(CCCC(=O)O)cc2c(c1Cl)OCCO2. The molecule has 0 aromatic heterocycles. The van der Waals surface area contributed by atoms with Crippen molar-refractivity contribution < 1.29 is 19.4 Å². The van der Waals surface area contributed by atoms with E-state index in [1.807, 2.05) is 13.0 Å². The Bertz CT molecular complexity index is 471. The molecule has 98 valence electrons. The van der Waals surface area contributed by atoms with Gasteiger partial charge in [-0.2, -0.15) is 0 Å². The monoisotopic (exact) mass is 270 g/mol. The predicted molar refractivity (Wildman–Crippen MR) is 67.8 cm³/mol. The first-order valence-electron chi connectivity index (χ1n) is 5.89. The first-order chi connectivity index (χ1) is 8.59. The van der Waals surface area contributed by atoms with Crippen LogP contribution in [0, 0.1) is 6.92 Å². The maximum atomic E-state index is 10.5. The van der Waals surface area contributed by atoms with Gasteiger partial charge < -0.3 is 14.6 Å². The van der Waals surface area contributed by atoms with Gasteiger partial charge in [0.05, 0.1) is 5.02 Å². The second-order valence-electron chi connectivity index (χ2n) is 4.25. The zero-order valence-corrected chi connectivity index (χ0v) is 10.9. The number of carboxylic acids is 1. The van der Waals surface area contributed by atoms with E-state index < -0.39 is 5.97 Å². The molecule has 1 N–H and O–H groups in total. The Kier molecular flexibility index (Phi) is 3.97. The van der Waals surface area contributed by atoms with Gasteiger partial charge in [0.25, 0.3) is 0 Å². The van der Waals surface area contributed by atoms with E-state index in [9.17, 15) is 4.79 Å². The Morgan fingerprint density at radius 2 is 2.17 bits per heavy atom. The summed E-state index contributed by atoms with van der Waals surface area (Å²) >= 11 is 6.24. The van der Waals surface area contributed by atoms with Crippen LogP contribution in [0.25, 0.3) is 0 Å². The maximum Gasteiger partial charge on any atom is 0.303 e. The number of fused-ring (bicyclic) bond motifs is 1. The zero-order valence-electron chi connectivity index (χ0n) is 10.2. The molecule has 1 aromatic rings. The molecule has 1 aliphatic rings. The lowest BCUT2D eigenvalue weighted by Crippen LogP contribution is -2.16. The van der Waals surface area contributed by atoms with E-state index in [2.05, 4.69) is 0 Å². The van der Waals surface area contributed by atoms with Gasteiger partial charge in [0.2, 0.25) is 0 Å². The molecule has 1 aliphatic heterocycles. The lowest BCUT2D eigenvalue weighted by atomic mass is 10.0. The van der Waals surface area contributed by atoms with Crippen LogP contribution in [0.3, 0.4) is 0 Å². The van der Waals surface area contributed by atoms with Gasteiger partial charge in [0, 0.05) is 6.42 Å². The molecule has 18 heavy (non-hydrogen) atoms. The number of rotatable bonds is 4. The fourth-order valence-corrected chi connectivity index (χ4v) is 2.25. The first kappa shape index (κ1) is 13.0. The highest BCUT2D eigenvalue weighted by Gasteiger charge is 2.19. The average Bonchev–Trinajstić information content (AvgIpc) is 2.35. The van der Waals surface area contributed by atoms with Crippen LogP contribution in [0.4, 0.5) is 0 Å². The minimum absolute atomic E-state index is 0.158. The smallest absolute Gasteiger partial charge is 0.303 e. The number of benzene rings is 1. The van der Waals surface area contributed by atoms with Gasteiger partial charge in [-0.1, -0.05) is 11.6 Å². The van der Waals surface area contributed by atoms with Gasteiger partial charge >= 0.3 is 5.97 Å². The topological polar surface area (TPSA) is 55.8 Å². The zero-order chi connectivity index (χ0) is 13.1. The third-order valence-corrected chi connectivity index (χ3v) is 3.42. The molecule has 1 aromatic carbocycles. The van der Waals surface area contributed by atoms with Crippen LogP contribution in [0.15, 0.2) is 6.07 Å². The number of carboxylic acid groups (broad SMARTS) is 1. The summed E-state index contributed by atoms with van der Waals surface area (Å²) in [5.41, 5.74) is 1.96. The molecule has 0 fully saturated rings. The van der Waals surface area contributed by atoms with Crippen molar-refractivity contribution in [2.24, 2.45) is 0 Å². The highest BCUT2D eigenvalue weighted by molar-refractivity contribution is 6.33. The quantitative estimate of drug-likeness (QED) is 0.914. The lowest BCUT2D eigenvalue weighted by molar-refractivity contribution is -0.137. The molecule has 5 heteroatoms. The van der Waals surface area contributed by atoms with E-state index in [1.165, 1.54) is 0 Å². The van der Waals surface area contributed by atoms with Crippen molar-refractivity contribution in [3.05, 3.63) is 22.2 Å². The van der Waals surface area contributed by atoms with E-state index >= 15 is 0 Å². The van der Waals surface area contributed by atoms with Crippen LogP contribution in [-0.2, 0) is 11.2 Å². The summed E-state index contributed by atoms with van der Waals surface area (Å²) in [5, 5.41) is 9.20.